The van der Waals surface area contributed by atoms with Gasteiger partial charge in [0.1, 0.15) is 5.69 Å². The number of aryl methyl sites for hydroxylation is 1. The molecule has 1 aromatic carbocycles. The van der Waals surface area contributed by atoms with Gasteiger partial charge in [-0.1, -0.05) is 24.6 Å². The Kier molecular flexibility index (Phi) is 7.06. The van der Waals surface area contributed by atoms with Gasteiger partial charge in [-0.3, -0.25) is 14.4 Å². The van der Waals surface area contributed by atoms with Crippen LogP contribution in [0.3, 0.4) is 0 Å². The summed E-state index contributed by atoms with van der Waals surface area (Å²) in [6.07, 6.45) is 4.57. The Morgan fingerprint density at radius 3 is 2.77 bits per heavy atom. The van der Waals surface area contributed by atoms with Gasteiger partial charge in [-0.15, -0.1) is 0 Å². The minimum Gasteiger partial charge on any atom is -0.466 e. The molecule has 3 N–H and O–H groups in total. The zero-order valence-corrected chi connectivity index (χ0v) is 17.3. The lowest BCUT2D eigenvalue weighted by Gasteiger charge is -2.04. The van der Waals surface area contributed by atoms with E-state index >= 15 is 0 Å². The fourth-order valence-corrected chi connectivity index (χ4v) is 3.37. The van der Waals surface area contributed by atoms with Crippen molar-refractivity contribution in [3.05, 3.63) is 52.8 Å². The lowest BCUT2D eigenvalue weighted by Crippen LogP contribution is -2.24. The molecule has 1 aliphatic heterocycles. The molecule has 2 aromatic rings. The van der Waals surface area contributed by atoms with Crippen LogP contribution in [-0.2, 0) is 14.3 Å². The van der Waals surface area contributed by atoms with Crippen molar-refractivity contribution < 1.29 is 19.1 Å². The van der Waals surface area contributed by atoms with Gasteiger partial charge in [-0.05, 0) is 50.5 Å². The topological polar surface area (TPSA) is 100 Å². The van der Waals surface area contributed by atoms with Crippen LogP contribution < -0.4 is 10.6 Å². The number of esters is 1. The zero-order valence-electron chi connectivity index (χ0n) is 17.3. The maximum atomic E-state index is 12.4. The molecule has 158 valence electrons. The summed E-state index contributed by atoms with van der Waals surface area (Å²) in [5.41, 5.74) is 4.29. The Morgan fingerprint density at radius 1 is 1.17 bits per heavy atom. The molecule has 0 bridgehead atoms. The van der Waals surface area contributed by atoms with Gasteiger partial charge in [0.25, 0.3) is 11.8 Å². The SMILES string of the molecule is CCOC(=O)CCCCCNC(=O)c1cc(C)c(C=C2C(=O)Nc3ccccc32)[nH]1. The monoisotopic (exact) mass is 409 g/mol. The number of anilines is 1. The number of amides is 2. The van der Waals surface area contributed by atoms with Crippen molar-refractivity contribution in [2.24, 2.45) is 0 Å². The van der Waals surface area contributed by atoms with Gasteiger partial charge in [-0.25, -0.2) is 0 Å². The molecular formula is C23H27N3O4. The van der Waals surface area contributed by atoms with E-state index in [4.69, 9.17) is 4.74 Å². The van der Waals surface area contributed by atoms with Crippen molar-refractivity contribution in [1.82, 2.24) is 10.3 Å². The molecule has 1 aliphatic rings. The lowest BCUT2D eigenvalue weighted by molar-refractivity contribution is -0.143. The first-order valence-electron chi connectivity index (χ1n) is 10.3. The Hall–Kier alpha value is -3.35. The van der Waals surface area contributed by atoms with E-state index in [9.17, 15) is 14.4 Å². The summed E-state index contributed by atoms with van der Waals surface area (Å²) < 4.78 is 4.89. The molecule has 7 nitrogen and oxygen atoms in total. The van der Waals surface area contributed by atoms with Crippen LogP contribution in [-0.4, -0.2) is 35.9 Å². The number of benzene rings is 1. The van der Waals surface area contributed by atoms with Crippen LogP contribution in [0.15, 0.2) is 30.3 Å². The van der Waals surface area contributed by atoms with Crippen LogP contribution in [0, 0.1) is 6.92 Å². The minimum absolute atomic E-state index is 0.154. The molecule has 0 spiro atoms. The molecule has 2 amide bonds. The fourth-order valence-electron chi connectivity index (χ4n) is 3.37. The predicted octanol–water partition coefficient (Wildman–Crippen LogP) is 3.67. The number of aromatic nitrogens is 1. The number of carbonyl (C=O) groups is 3. The molecule has 1 aromatic heterocycles. The van der Waals surface area contributed by atoms with Gasteiger partial charge in [-0.2, -0.15) is 0 Å². The smallest absolute Gasteiger partial charge is 0.305 e. The quantitative estimate of drug-likeness (QED) is 0.334. The van der Waals surface area contributed by atoms with Crippen LogP contribution >= 0.6 is 0 Å². The number of nitrogens with one attached hydrogen (secondary N) is 3. The molecule has 0 aliphatic carbocycles. The summed E-state index contributed by atoms with van der Waals surface area (Å²) in [6, 6.07) is 9.30. The van der Waals surface area contributed by atoms with Crippen molar-refractivity contribution in [1.29, 1.82) is 0 Å². The number of H-pyrrole nitrogens is 1. The molecule has 0 unspecified atom stereocenters. The van der Waals surface area contributed by atoms with E-state index in [1.807, 2.05) is 31.2 Å². The third-order valence-corrected chi connectivity index (χ3v) is 4.95. The normalized spacial score (nSPS) is 13.8. The molecule has 3 rings (SSSR count). The van der Waals surface area contributed by atoms with Crippen LogP contribution in [0.25, 0.3) is 11.6 Å². The molecule has 0 saturated carbocycles. The van der Waals surface area contributed by atoms with Crippen LogP contribution in [0.1, 0.15) is 59.9 Å². The first-order valence-corrected chi connectivity index (χ1v) is 10.3. The number of rotatable bonds is 9. The van der Waals surface area contributed by atoms with E-state index < -0.39 is 0 Å². The number of para-hydroxylation sites is 1. The minimum atomic E-state index is -0.190. The summed E-state index contributed by atoms with van der Waals surface area (Å²) in [6.45, 7) is 4.62. The summed E-state index contributed by atoms with van der Waals surface area (Å²) in [7, 11) is 0. The standard InChI is InChI=1S/C23H27N3O4/c1-3-30-21(27)11-5-4-8-12-24-23(29)20-13-15(2)19(25-20)14-17-16-9-6-7-10-18(16)26-22(17)28/h6-7,9-10,13-14,25H,3-5,8,11-12H2,1-2H3,(H,24,29)(H,26,28). The van der Waals surface area contributed by atoms with E-state index in [-0.39, 0.29) is 17.8 Å². The second-order valence-electron chi connectivity index (χ2n) is 7.21. The van der Waals surface area contributed by atoms with Crippen molar-refractivity contribution in [2.75, 3.05) is 18.5 Å². The number of unbranched alkanes of at least 4 members (excludes halogenated alkanes) is 2. The number of carbonyl (C=O) groups excluding carboxylic acids is 3. The number of aromatic amines is 1. The second-order valence-corrected chi connectivity index (χ2v) is 7.21. The van der Waals surface area contributed by atoms with Gasteiger partial charge < -0.3 is 20.4 Å². The van der Waals surface area contributed by atoms with Crippen LogP contribution in [0.4, 0.5) is 5.69 Å². The number of hydrogen-bond acceptors (Lipinski definition) is 4. The third-order valence-electron chi connectivity index (χ3n) is 4.95. The first-order chi connectivity index (χ1) is 14.5. The summed E-state index contributed by atoms with van der Waals surface area (Å²) in [5.74, 6) is -0.521. The highest BCUT2D eigenvalue weighted by Crippen LogP contribution is 2.33. The van der Waals surface area contributed by atoms with Gasteiger partial charge in [0.2, 0.25) is 0 Å². The maximum Gasteiger partial charge on any atom is 0.305 e. The van der Waals surface area contributed by atoms with Crippen molar-refractivity contribution >= 4 is 35.1 Å². The maximum absolute atomic E-state index is 12.4. The van der Waals surface area contributed by atoms with E-state index in [0.717, 1.165) is 41.8 Å². The predicted molar refractivity (Wildman–Crippen MR) is 116 cm³/mol. The number of hydrogen-bond donors (Lipinski definition) is 3. The summed E-state index contributed by atoms with van der Waals surface area (Å²) >= 11 is 0. The zero-order chi connectivity index (χ0) is 21.5. The molecule has 0 saturated heterocycles. The van der Waals surface area contributed by atoms with E-state index in [2.05, 4.69) is 15.6 Å². The van der Waals surface area contributed by atoms with Crippen molar-refractivity contribution in [2.45, 2.75) is 39.5 Å². The highest BCUT2D eigenvalue weighted by molar-refractivity contribution is 6.34. The van der Waals surface area contributed by atoms with Crippen molar-refractivity contribution in [3.63, 3.8) is 0 Å². The average molecular weight is 409 g/mol. The van der Waals surface area contributed by atoms with Gasteiger partial charge in [0.15, 0.2) is 0 Å². The molecule has 0 atom stereocenters. The molecule has 30 heavy (non-hydrogen) atoms. The Labute approximate surface area is 175 Å². The van der Waals surface area contributed by atoms with Crippen LogP contribution in [0.2, 0.25) is 0 Å². The Balaban J connectivity index is 1.54. The molecular weight excluding hydrogens is 382 g/mol. The Bertz CT molecular complexity index is 975. The highest BCUT2D eigenvalue weighted by atomic mass is 16.5. The fraction of sp³-hybridized carbons (Fsp3) is 0.348. The van der Waals surface area contributed by atoms with E-state index in [1.165, 1.54) is 0 Å². The van der Waals surface area contributed by atoms with Gasteiger partial charge in [0.05, 0.1) is 12.2 Å². The van der Waals surface area contributed by atoms with Gasteiger partial charge >= 0.3 is 5.97 Å². The van der Waals surface area contributed by atoms with Crippen LogP contribution in [0.5, 0.6) is 0 Å². The molecule has 7 heteroatoms. The molecule has 0 radical (unpaired) electrons. The molecule has 2 heterocycles. The number of fused-ring (bicyclic) bond motifs is 1. The third kappa shape index (κ3) is 5.17. The number of ether oxygens (including phenoxy) is 1. The lowest BCUT2D eigenvalue weighted by atomic mass is 10.1. The summed E-state index contributed by atoms with van der Waals surface area (Å²) in [5, 5.41) is 5.73. The Morgan fingerprint density at radius 2 is 1.97 bits per heavy atom. The van der Waals surface area contributed by atoms with Gasteiger partial charge in [0, 0.05) is 29.9 Å². The highest BCUT2D eigenvalue weighted by Gasteiger charge is 2.24. The first kappa shape index (κ1) is 21.4. The largest absolute Gasteiger partial charge is 0.466 e. The van der Waals surface area contributed by atoms with Crippen molar-refractivity contribution in [3.8, 4) is 0 Å². The second kappa shape index (κ2) is 9.91. The summed E-state index contributed by atoms with van der Waals surface area (Å²) in [4.78, 5) is 39.1. The average Bonchev–Trinajstić information content (AvgIpc) is 3.25. The van der Waals surface area contributed by atoms with E-state index in [0.29, 0.717) is 30.8 Å². The molecule has 0 fully saturated rings. The van der Waals surface area contributed by atoms with E-state index in [1.54, 1.807) is 19.1 Å².